The number of rotatable bonds is 1. The average Bonchev–Trinajstić information content (AvgIpc) is 2.74. The van der Waals surface area contributed by atoms with E-state index in [-0.39, 0.29) is 37.6 Å². The molecule has 6 nitrogen and oxygen atoms in total. The molecule has 0 aromatic heterocycles. The van der Waals surface area contributed by atoms with Crippen molar-refractivity contribution in [2.24, 2.45) is 16.7 Å². The van der Waals surface area contributed by atoms with Crippen molar-refractivity contribution < 1.29 is 29.0 Å². The number of carbonyl (C=O) groups is 3. The summed E-state index contributed by atoms with van der Waals surface area (Å²) < 4.78 is 10.9. The molecule has 2 saturated heterocycles. The standard InChI is InChI=1S/C15H20O6/c1-8-10(17)4-15-13(3,9(2)16)7-20-11(18)5-14(8,15)6-12(19)21-15/h8,10,17H,4-7H2,1-3H3/t8-,10-,13-,14-,15-/m1/s1. The Morgan fingerprint density at radius 2 is 1.90 bits per heavy atom. The molecule has 21 heavy (non-hydrogen) atoms. The minimum atomic E-state index is -1.16. The quantitative estimate of drug-likeness (QED) is 0.713. The van der Waals surface area contributed by atoms with Crippen molar-refractivity contribution >= 4 is 17.7 Å². The first kappa shape index (κ1) is 14.5. The lowest BCUT2D eigenvalue weighted by Crippen LogP contribution is -2.58. The Morgan fingerprint density at radius 3 is 2.52 bits per heavy atom. The number of esters is 2. The van der Waals surface area contributed by atoms with Gasteiger partial charge in [0.05, 0.1) is 18.9 Å². The molecule has 0 amide bonds. The minimum Gasteiger partial charge on any atom is -0.464 e. The van der Waals surface area contributed by atoms with Crippen molar-refractivity contribution in [3.05, 3.63) is 0 Å². The average molecular weight is 296 g/mol. The molecule has 3 aliphatic rings. The topological polar surface area (TPSA) is 89.9 Å². The van der Waals surface area contributed by atoms with Gasteiger partial charge in [0.1, 0.15) is 23.4 Å². The fourth-order valence-corrected chi connectivity index (χ4v) is 4.64. The predicted molar refractivity (Wildman–Crippen MR) is 70.0 cm³/mol. The maximum absolute atomic E-state index is 12.3. The Labute approximate surface area is 122 Å². The lowest BCUT2D eigenvalue weighted by atomic mass is 9.57. The Balaban J connectivity index is 2.26. The first-order chi connectivity index (χ1) is 9.68. The fourth-order valence-electron chi connectivity index (χ4n) is 4.64. The lowest BCUT2D eigenvalue weighted by Gasteiger charge is -2.47. The van der Waals surface area contributed by atoms with Crippen LogP contribution in [0.3, 0.4) is 0 Å². The zero-order valence-corrected chi connectivity index (χ0v) is 12.5. The van der Waals surface area contributed by atoms with E-state index in [0.717, 1.165) is 0 Å². The number of hydrogen-bond donors (Lipinski definition) is 1. The van der Waals surface area contributed by atoms with E-state index in [1.807, 2.05) is 6.92 Å². The van der Waals surface area contributed by atoms with Gasteiger partial charge in [0, 0.05) is 11.8 Å². The molecule has 5 atom stereocenters. The normalized spacial score (nSPS) is 49.0. The van der Waals surface area contributed by atoms with Crippen LogP contribution >= 0.6 is 0 Å². The van der Waals surface area contributed by atoms with Crippen LogP contribution in [0.25, 0.3) is 0 Å². The molecule has 6 heteroatoms. The van der Waals surface area contributed by atoms with Gasteiger partial charge in [0.25, 0.3) is 0 Å². The summed E-state index contributed by atoms with van der Waals surface area (Å²) in [5.74, 6) is -1.36. The molecular formula is C15H20O6. The zero-order valence-electron chi connectivity index (χ0n) is 12.5. The number of ketones is 1. The van der Waals surface area contributed by atoms with Gasteiger partial charge >= 0.3 is 11.9 Å². The SMILES string of the molecule is CC(=O)[C@@]1(C)COC(=O)C[C@]23CC(=O)O[C@@]21C[C@@H](O)[C@H]3C. The molecule has 0 radical (unpaired) electrons. The van der Waals surface area contributed by atoms with Crippen molar-refractivity contribution in [3.8, 4) is 0 Å². The van der Waals surface area contributed by atoms with Crippen LogP contribution in [0, 0.1) is 16.7 Å². The lowest BCUT2D eigenvalue weighted by molar-refractivity contribution is -0.178. The van der Waals surface area contributed by atoms with Gasteiger partial charge in [0.15, 0.2) is 0 Å². The Kier molecular flexibility index (Phi) is 2.81. The molecule has 0 aromatic rings. The molecule has 1 aliphatic carbocycles. The molecule has 1 saturated carbocycles. The number of hydrogen-bond acceptors (Lipinski definition) is 6. The zero-order chi connectivity index (χ0) is 15.6. The van der Waals surface area contributed by atoms with E-state index in [4.69, 9.17) is 9.47 Å². The Morgan fingerprint density at radius 1 is 1.29 bits per heavy atom. The summed E-state index contributed by atoms with van der Waals surface area (Å²) >= 11 is 0. The first-order valence-electron chi connectivity index (χ1n) is 7.25. The van der Waals surface area contributed by atoms with E-state index >= 15 is 0 Å². The van der Waals surface area contributed by atoms with E-state index in [0.29, 0.717) is 0 Å². The second kappa shape index (κ2) is 4.06. The highest BCUT2D eigenvalue weighted by Gasteiger charge is 2.77. The second-order valence-electron chi connectivity index (χ2n) is 6.92. The third kappa shape index (κ3) is 1.49. The maximum atomic E-state index is 12.3. The van der Waals surface area contributed by atoms with Crippen LogP contribution in [-0.4, -0.2) is 41.1 Å². The highest BCUT2D eigenvalue weighted by Crippen LogP contribution is 2.67. The number of ether oxygens (including phenoxy) is 2. The van der Waals surface area contributed by atoms with Crippen molar-refractivity contribution in [2.45, 2.75) is 51.7 Å². The molecule has 1 N–H and O–H groups in total. The van der Waals surface area contributed by atoms with E-state index < -0.39 is 34.5 Å². The van der Waals surface area contributed by atoms with Crippen molar-refractivity contribution in [1.82, 2.24) is 0 Å². The van der Waals surface area contributed by atoms with Crippen LogP contribution in [0.1, 0.15) is 40.0 Å². The van der Waals surface area contributed by atoms with E-state index in [1.54, 1.807) is 6.92 Å². The summed E-state index contributed by atoms with van der Waals surface area (Å²) in [7, 11) is 0. The molecule has 0 unspecified atom stereocenters. The molecule has 116 valence electrons. The molecular weight excluding hydrogens is 276 g/mol. The molecule has 3 rings (SSSR count). The number of cyclic esters (lactones) is 1. The van der Waals surface area contributed by atoms with Gasteiger partial charge in [-0.25, -0.2) is 0 Å². The van der Waals surface area contributed by atoms with Crippen LogP contribution in [0.4, 0.5) is 0 Å². The second-order valence-corrected chi connectivity index (χ2v) is 6.92. The Hall–Kier alpha value is -1.43. The molecule has 0 aromatic carbocycles. The van der Waals surface area contributed by atoms with Crippen molar-refractivity contribution in [1.29, 1.82) is 0 Å². The maximum Gasteiger partial charge on any atom is 0.307 e. The van der Waals surface area contributed by atoms with E-state index in [1.165, 1.54) is 6.92 Å². The molecule has 3 fully saturated rings. The predicted octanol–water partition coefficient (Wildman–Crippen LogP) is 0.601. The number of aliphatic hydroxyl groups is 1. The van der Waals surface area contributed by atoms with Gasteiger partial charge in [-0.1, -0.05) is 6.92 Å². The van der Waals surface area contributed by atoms with Crippen LogP contribution < -0.4 is 0 Å². The van der Waals surface area contributed by atoms with Crippen LogP contribution in [0.5, 0.6) is 0 Å². The monoisotopic (exact) mass is 296 g/mol. The van der Waals surface area contributed by atoms with Gasteiger partial charge in [0.2, 0.25) is 0 Å². The van der Waals surface area contributed by atoms with Crippen molar-refractivity contribution in [2.75, 3.05) is 6.61 Å². The smallest absolute Gasteiger partial charge is 0.307 e. The first-order valence-corrected chi connectivity index (χ1v) is 7.25. The number of carbonyl (C=O) groups excluding carboxylic acids is 3. The van der Waals surface area contributed by atoms with Crippen molar-refractivity contribution in [3.63, 3.8) is 0 Å². The largest absolute Gasteiger partial charge is 0.464 e. The highest BCUT2D eigenvalue weighted by atomic mass is 16.6. The Bertz CT molecular complexity index is 542. The third-order valence-electron chi connectivity index (χ3n) is 6.15. The third-order valence-corrected chi connectivity index (χ3v) is 6.15. The van der Waals surface area contributed by atoms with Crippen LogP contribution in [0.2, 0.25) is 0 Å². The molecule has 0 spiro atoms. The van der Waals surface area contributed by atoms with Gasteiger partial charge < -0.3 is 14.6 Å². The highest BCUT2D eigenvalue weighted by molar-refractivity contribution is 5.88. The molecule has 2 aliphatic heterocycles. The van der Waals surface area contributed by atoms with Crippen LogP contribution in [-0.2, 0) is 23.9 Å². The summed E-state index contributed by atoms with van der Waals surface area (Å²) in [6.07, 6.45) is -0.488. The summed E-state index contributed by atoms with van der Waals surface area (Å²) in [6, 6.07) is 0. The van der Waals surface area contributed by atoms with Crippen LogP contribution in [0.15, 0.2) is 0 Å². The summed E-state index contributed by atoms with van der Waals surface area (Å²) in [6.45, 7) is 4.79. The van der Waals surface area contributed by atoms with Gasteiger partial charge in [-0.05, 0) is 19.8 Å². The number of Topliss-reactive ketones (excluding diaryl/α,β-unsaturated/α-hetero) is 1. The number of aliphatic hydroxyl groups excluding tert-OH is 1. The molecule has 0 bridgehead atoms. The molecule has 2 heterocycles. The minimum absolute atomic E-state index is 0.000162. The van der Waals surface area contributed by atoms with Gasteiger partial charge in [-0.3, -0.25) is 14.4 Å². The van der Waals surface area contributed by atoms with Gasteiger partial charge in [-0.15, -0.1) is 0 Å². The summed E-state index contributed by atoms with van der Waals surface area (Å²) in [4.78, 5) is 36.4. The van der Waals surface area contributed by atoms with E-state index in [2.05, 4.69) is 0 Å². The summed E-state index contributed by atoms with van der Waals surface area (Å²) in [5, 5.41) is 10.3. The van der Waals surface area contributed by atoms with Gasteiger partial charge in [-0.2, -0.15) is 0 Å². The summed E-state index contributed by atoms with van der Waals surface area (Å²) in [5.41, 5.74) is -3.15. The van der Waals surface area contributed by atoms with E-state index in [9.17, 15) is 19.5 Å². The fraction of sp³-hybridized carbons (Fsp3) is 0.800.